The van der Waals surface area contributed by atoms with E-state index in [1.165, 1.54) is 0 Å². The van der Waals surface area contributed by atoms with Gasteiger partial charge in [0.15, 0.2) is 8.32 Å². The van der Waals surface area contributed by atoms with Crippen LogP contribution in [0.3, 0.4) is 0 Å². The Labute approximate surface area is 130 Å². The molecular formula is C15H32N2O3Si. The molecule has 1 aliphatic heterocycles. The maximum atomic E-state index is 12.1. The van der Waals surface area contributed by atoms with Crippen LogP contribution in [0.2, 0.25) is 18.1 Å². The van der Waals surface area contributed by atoms with E-state index in [0.29, 0.717) is 13.1 Å². The van der Waals surface area contributed by atoms with E-state index < -0.39 is 13.9 Å². The Bertz CT molecular complexity index is 385. The third-order valence-corrected chi connectivity index (χ3v) is 8.72. The van der Waals surface area contributed by atoms with Crippen LogP contribution in [0.1, 0.15) is 41.5 Å². The van der Waals surface area contributed by atoms with Crippen molar-refractivity contribution in [3.63, 3.8) is 0 Å². The molecule has 1 aliphatic rings. The van der Waals surface area contributed by atoms with Crippen molar-refractivity contribution < 1.29 is 14.0 Å². The minimum atomic E-state index is -1.88. The molecule has 0 radical (unpaired) electrons. The number of nitrogens with zero attached hydrogens (tertiary/aromatic N) is 1. The zero-order chi connectivity index (χ0) is 16.6. The Morgan fingerprint density at radius 2 is 1.67 bits per heavy atom. The molecule has 0 aromatic rings. The number of ether oxygens (including phenoxy) is 1. The van der Waals surface area contributed by atoms with Crippen molar-refractivity contribution in [2.24, 2.45) is 5.73 Å². The first kappa shape index (κ1) is 18.5. The van der Waals surface area contributed by atoms with E-state index in [4.69, 9.17) is 14.9 Å². The largest absolute Gasteiger partial charge is 0.444 e. The fourth-order valence-electron chi connectivity index (χ4n) is 1.95. The highest BCUT2D eigenvalue weighted by Gasteiger charge is 2.44. The summed E-state index contributed by atoms with van der Waals surface area (Å²) in [6, 6.07) is -0.147. The number of hydrogen-bond acceptors (Lipinski definition) is 4. The highest BCUT2D eigenvalue weighted by Crippen LogP contribution is 2.38. The minimum absolute atomic E-state index is 0.0987. The van der Waals surface area contributed by atoms with Crippen LogP contribution in [0.15, 0.2) is 0 Å². The Hall–Kier alpha value is -0.593. The molecule has 0 spiro atoms. The average Bonchev–Trinajstić information content (AvgIpc) is 2.55. The molecule has 5 nitrogen and oxygen atoms in total. The van der Waals surface area contributed by atoms with Gasteiger partial charge < -0.3 is 19.8 Å². The van der Waals surface area contributed by atoms with Crippen LogP contribution < -0.4 is 5.73 Å². The quantitative estimate of drug-likeness (QED) is 0.796. The predicted octanol–water partition coefficient (Wildman–Crippen LogP) is 2.95. The first-order valence-electron chi connectivity index (χ1n) is 7.64. The van der Waals surface area contributed by atoms with Crippen LogP contribution in [0.5, 0.6) is 0 Å². The second kappa shape index (κ2) is 5.89. The molecule has 0 aromatic carbocycles. The van der Waals surface area contributed by atoms with Gasteiger partial charge in [0.05, 0.1) is 12.6 Å². The summed E-state index contributed by atoms with van der Waals surface area (Å²) in [5.41, 5.74) is 5.68. The molecule has 1 saturated heterocycles. The van der Waals surface area contributed by atoms with E-state index in [0.717, 1.165) is 0 Å². The SMILES string of the molecule is CC(C)(C)OC(=O)N1C[C@H](O[Si](C)(C)C(C)(C)C)[C@@H](N)C1. The summed E-state index contributed by atoms with van der Waals surface area (Å²) in [7, 11) is -1.88. The summed E-state index contributed by atoms with van der Waals surface area (Å²) in [5, 5.41) is 0.131. The van der Waals surface area contributed by atoms with Gasteiger partial charge in [0.25, 0.3) is 0 Å². The molecule has 0 aliphatic carbocycles. The van der Waals surface area contributed by atoms with Crippen molar-refractivity contribution in [2.45, 2.75) is 77.4 Å². The molecule has 0 aromatic heterocycles. The van der Waals surface area contributed by atoms with Gasteiger partial charge in [-0.2, -0.15) is 0 Å². The number of hydrogen-bond donors (Lipinski definition) is 1. The van der Waals surface area contributed by atoms with Crippen molar-refractivity contribution >= 4 is 14.4 Å². The Kier molecular flexibility index (Phi) is 5.18. The summed E-state index contributed by atoms with van der Waals surface area (Å²) < 4.78 is 11.8. The van der Waals surface area contributed by atoms with Crippen LogP contribution in [0, 0.1) is 0 Å². The van der Waals surface area contributed by atoms with Crippen LogP contribution in [0.4, 0.5) is 4.79 Å². The van der Waals surface area contributed by atoms with Crippen molar-refractivity contribution in [3.05, 3.63) is 0 Å². The molecule has 1 fully saturated rings. The number of carbonyl (C=O) groups is 1. The van der Waals surface area contributed by atoms with E-state index in [1.807, 2.05) is 20.8 Å². The van der Waals surface area contributed by atoms with E-state index in [-0.39, 0.29) is 23.3 Å². The van der Waals surface area contributed by atoms with Gasteiger partial charge in [-0.1, -0.05) is 20.8 Å². The van der Waals surface area contributed by atoms with Gasteiger partial charge in [0.1, 0.15) is 5.60 Å². The Morgan fingerprint density at radius 3 is 2.10 bits per heavy atom. The number of rotatable bonds is 2. The van der Waals surface area contributed by atoms with E-state index in [1.54, 1.807) is 4.90 Å². The molecule has 0 saturated carbocycles. The minimum Gasteiger partial charge on any atom is -0.444 e. The second-order valence-electron chi connectivity index (χ2n) is 8.47. The zero-order valence-electron chi connectivity index (χ0n) is 14.8. The number of nitrogens with two attached hydrogens (primary N) is 1. The molecule has 0 unspecified atom stereocenters. The van der Waals surface area contributed by atoms with Gasteiger partial charge in [-0.25, -0.2) is 4.79 Å². The van der Waals surface area contributed by atoms with Crippen molar-refractivity contribution in [3.8, 4) is 0 Å². The molecule has 0 bridgehead atoms. The first-order valence-corrected chi connectivity index (χ1v) is 10.5. The molecular weight excluding hydrogens is 284 g/mol. The van der Waals surface area contributed by atoms with Crippen molar-refractivity contribution in [2.75, 3.05) is 13.1 Å². The third-order valence-electron chi connectivity index (χ3n) is 4.21. The number of carbonyl (C=O) groups excluding carboxylic acids is 1. The topological polar surface area (TPSA) is 64.8 Å². The summed E-state index contributed by atoms with van der Waals surface area (Å²) in [4.78, 5) is 13.8. The lowest BCUT2D eigenvalue weighted by atomic mass is 10.2. The molecule has 21 heavy (non-hydrogen) atoms. The lowest BCUT2D eigenvalue weighted by molar-refractivity contribution is 0.0272. The highest BCUT2D eigenvalue weighted by molar-refractivity contribution is 6.74. The number of amides is 1. The summed E-state index contributed by atoms with van der Waals surface area (Å²) in [6.45, 7) is 17.6. The monoisotopic (exact) mass is 316 g/mol. The van der Waals surface area contributed by atoms with Gasteiger partial charge in [-0.15, -0.1) is 0 Å². The predicted molar refractivity (Wildman–Crippen MR) is 87.9 cm³/mol. The van der Waals surface area contributed by atoms with Crippen molar-refractivity contribution in [1.29, 1.82) is 0 Å². The fraction of sp³-hybridized carbons (Fsp3) is 0.933. The van der Waals surface area contributed by atoms with Gasteiger partial charge in [0.2, 0.25) is 0 Å². The standard InChI is InChI=1S/C15H32N2O3Si/c1-14(2,3)19-13(18)17-9-11(16)12(10-17)20-21(7,8)15(4,5)6/h11-12H,9-10,16H2,1-8H3/t11-,12-/m0/s1. The third kappa shape index (κ3) is 4.97. The fourth-order valence-corrected chi connectivity index (χ4v) is 3.31. The van der Waals surface area contributed by atoms with Crippen LogP contribution in [-0.4, -0.2) is 50.1 Å². The van der Waals surface area contributed by atoms with Gasteiger partial charge in [-0.3, -0.25) is 0 Å². The summed E-state index contributed by atoms with van der Waals surface area (Å²) in [6.07, 6.45) is -0.405. The summed E-state index contributed by atoms with van der Waals surface area (Å²) in [5.74, 6) is 0. The Morgan fingerprint density at radius 1 is 1.14 bits per heavy atom. The average molecular weight is 317 g/mol. The van der Waals surface area contributed by atoms with Crippen LogP contribution in [-0.2, 0) is 9.16 Å². The van der Waals surface area contributed by atoms with Crippen LogP contribution in [0.25, 0.3) is 0 Å². The van der Waals surface area contributed by atoms with Crippen molar-refractivity contribution in [1.82, 2.24) is 4.90 Å². The lowest BCUT2D eigenvalue weighted by Gasteiger charge is -2.39. The van der Waals surface area contributed by atoms with Gasteiger partial charge >= 0.3 is 6.09 Å². The van der Waals surface area contributed by atoms with E-state index in [9.17, 15) is 4.79 Å². The summed E-state index contributed by atoms with van der Waals surface area (Å²) >= 11 is 0. The maximum absolute atomic E-state index is 12.1. The van der Waals surface area contributed by atoms with Crippen LogP contribution >= 0.6 is 0 Å². The second-order valence-corrected chi connectivity index (χ2v) is 13.2. The van der Waals surface area contributed by atoms with E-state index in [2.05, 4.69) is 33.9 Å². The lowest BCUT2D eigenvalue weighted by Crippen LogP contribution is -2.48. The number of likely N-dealkylation sites (tertiary alicyclic amines) is 1. The Balaban J connectivity index is 2.67. The zero-order valence-corrected chi connectivity index (χ0v) is 15.8. The molecule has 124 valence electrons. The molecule has 2 atom stereocenters. The van der Waals surface area contributed by atoms with Gasteiger partial charge in [0, 0.05) is 12.6 Å². The van der Waals surface area contributed by atoms with E-state index >= 15 is 0 Å². The smallest absolute Gasteiger partial charge is 0.410 e. The molecule has 1 heterocycles. The molecule has 1 amide bonds. The van der Waals surface area contributed by atoms with Gasteiger partial charge in [-0.05, 0) is 38.9 Å². The highest BCUT2D eigenvalue weighted by atomic mass is 28.4. The maximum Gasteiger partial charge on any atom is 0.410 e. The normalized spacial score (nSPS) is 24.3. The molecule has 6 heteroatoms. The first-order chi connectivity index (χ1) is 9.23. The molecule has 1 rings (SSSR count). The molecule has 2 N–H and O–H groups in total.